The first kappa shape index (κ1) is 18.2. The van der Waals surface area contributed by atoms with Gasteiger partial charge in [0.2, 0.25) is 10.0 Å². The van der Waals surface area contributed by atoms with E-state index in [1.54, 1.807) is 6.92 Å². The van der Waals surface area contributed by atoms with Crippen LogP contribution in [-0.4, -0.2) is 54.7 Å². The third-order valence-electron chi connectivity index (χ3n) is 5.09. The molecule has 0 radical (unpaired) electrons. The molecule has 0 spiro atoms. The molecule has 2 rings (SSSR count). The van der Waals surface area contributed by atoms with E-state index in [1.165, 1.54) is 11.4 Å². The Hall–Kier alpha value is -1.15. The second-order valence-electron chi connectivity index (χ2n) is 6.53. The van der Waals surface area contributed by atoms with Gasteiger partial charge in [0.1, 0.15) is 0 Å². The predicted octanol–water partition coefficient (Wildman–Crippen LogP) is 1.23. The van der Waals surface area contributed by atoms with Gasteiger partial charge in [0.05, 0.1) is 24.2 Å². The summed E-state index contributed by atoms with van der Waals surface area (Å²) in [6.45, 7) is 1.79. The van der Waals surface area contributed by atoms with Crippen molar-refractivity contribution in [3.8, 4) is 0 Å². The number of carbonyl (C=O) groups excluding carboxylic acids is 1. The Balaban J connectivity index is 2.27. The maximum absolute atomic E-state index is 13.1. The molecule has 8 heteroatoms. The van der Waals surface area contributed by atoms with Crippen LogP contribution in [0.5, 0.6) is 0 Å². The molecule has 1 aliphatic carbocycles. The smallest absolute Gasteiger partial charge is 0.310 e. The quantitative estimate of drug-likeness (QED) is 0.768. The van der Waals surface area contributed by atoms with Crippen LogP contribution in [0.3, 0.4) is 0 Å². The van der Waals surface area contributed by atoms with E-state index in [2.05, 4.69) is 0 Å². The Labute approximate surface area is 137 Å². The summed E-state index contributed by atoms with van der Waals surface area (Å²) in [6.07, 6.45) is 3.48. The number of aliphatic carboxylic acids is 1. The van der Waals surface area contributed by atoms with Gasteiger partial charge < -0.3 is 9.84 Å². The highest BCUT2D eigenvalue weighted by Crippen LogP contribution is 2.35. The maximum Gasteiger partial charge on any atom is 0.310 e. The van der Waals surface area contributed by atoms with Crippen LogP contribution in [0, 0.1) is 11.8 Å². The van der Waals surface area contributed by atoms with Crippen LogP contribution >= 0.6 is 0 Å². The minimum Gasteiger partial charge on any atom is -0.481 e. The third kappa shape index (κ3) is 3.68. The number of ether oxygens (including phenoxy) is 1. The van der Waals surface area contributed by atoms with Gasteiger partial charge in [0.15, 0.2) is 0 Å². The summed E-state index contributed by atoms with van der Waals surface area (Å²) in [6, 6.07) is -0.240. The fraction of sp³-hybridized carbons (Fsp3) is 0.867. The van der Waals surface area contributed by atoms with Crippen molar-refractivity contribution in [1.82, 2.24) is 4.31 Å². The zero-order chi connectivity index (χ0) is 17.2. The van der Waals surface area contributed by atoms with Crippen LogP contribution in [-0.2, 0) is 24.3 Å². The van der Waals surface area contributed by atoms with Gasteiger partial charge >= 0.3 is 11.9 Å². The second-order valence-corrected chi connectivity index (χ2v) is 8.63. The minimum atomic E-state index is -3.74. The van der Waals surface area contributed by atoms with Crippen LogP contribution in [0.4, 0.5) is 0 Å². The van der Waals surface area contributed by atoms with E-state index >= 15 is 0 Å². The maximum atomic E-state index is 13.1. The first-order valence-corrected chi connectivity index (χ1v) is 9.60. The van der Waals surface area contributed by atoms with E-state index in [1.807, 2.05) is 0 Å². The minimum absolute atomic E-state index is 0.0107. The Kier molecular flexibility index (Phi) is 5.67. The highest BCUT2D eigenvalue weighted by molar-refractivity contribution is 7.89. The molecule has 4 unspecified atom stereocenters. The Morgan fingerprint density at radius 2 is 1.78 bits per heavy atom. The number of sulfonamides is 1. The molecule has 0 aromatic carbocycles. The first-order valence-electron chi connectivity index (χ1n) is 8.10. The predicted molar refractivity (Wildman–Crippen MR) is 83.2 cm³/mol. The number of carbonyl (C=O) groups is 2. The largest absolute Gasteiger partial charge is 0.481 e. The molecule has 2 aliphatic rings. The van der Waals surface area contributed by atoms with Crippen molar-refractivity contribution in [3.63, 3.8) is 0 Å². The number of hydrogen-bond donors (Lipinski definition) is 1. The molecule has 132 valence electrons. The lowest BCUT2D eigenvalue weighted by Gasteiger charge is -2.40. The van der Waals surface area contributed by atoms with Gasteiger partial charge in [-0.15, -0.1) is 0 Å². The van der Waals surface area contributed by atoms with Gasteiger partial charge in [-0.3, -0.25) is 9.59 Å². The van der Waals surface area contributed by atoms with Crippen molar-refractivity contribution >= 4 is 22.0 Å². The van der Waals surface area contributed by atoms with Crippen molar-refractivity contribution in [1.29, 1.82) is 0 Å². The van der Waals surface area contributed by atoms with E-state index in [-0.39, 0.29) is 12.6 Å². The zero-order valence-corrected chi connectivity index (χ0v) is 14.4. The molecule has 0 amide bonds. The molecule has 1 heterocycles. The number of nitrogens with zero attached hydrogens (tertiary/aromatic N) is 1. The molecule has 1 saturated carbocycles. The number of methoxy groups -OCH3 is 1. The van der Waals surface area contributed by atoms with Gasteiger partial charge in [0, 0.05) is 12.6 Å². The molecule has 0 aromatic rings. The summed E-state index contributed by atoms with van der Waals surface area (Å²) in [7, 11) is -2.47. The van der Waals surface area contributed by atoms with Gasteiger partial charge in [0.25, 0.3) is 0 Å². The molecule has 1 aliphatic heterocycles. The van der Waals surface area contributed by atoms with Crippen LogP contribution < -0.4 is 0 Å². The van der Waals surface area contributed by atoms with E-state index in [4.69, 9.17) is 4.74 Å². The number of esters is 1. The molecule has 0 bridgehead atoms. The molecule has 1 saturated heterocycles. The summed E-state index contributed by atoms with van der Waals surface area (Å²) in [5.74, 6) is -2.79. The Morgan fingerprint density at radius 3 is 2.39 bits per heavy atom. The van der Waals surface area contributed by atoms with Gasteiger partial charge in [-0.05, 0) is 32.6 Å². The van der Waals surface area contributed by atoms with Crippen molar-refractivity contribution in [2.24, 2.45) is 11.8 Å². The highest BCUT2D eigenvalue weighted by Gasteiger charge is 2.46. The van der Waals surface area contributed by atoms with E-state index < -0.39 is 39.0 Å². The van der Waals surface area contributed by atoms with Gasteiger partial charge in [-0.25, -0.2) is 8.42 Å². The molecule has 2 fully saturated rings. The number of piperidine rings is 1. The van der Waals surface area contributed by atoms with Crippen molar-refractivity contribution in [2.75, 3.05) is 13.7 Å². The number of carboxylic acid groups (broad SMARTS) is 1. The van der Waals surface area contributed by atoms with Crippen LogP contribution in [0.25, 0.3) is 0 Å². The number of hydrogen-bond acceptors (Lipinski definition) is 5. The number of carboxylic acids is 1. The fourth-order valence-electron chi connectivity index (χ4n) is 3.68. The van der Waals surface area contributed by atoms with Crippen molar-refractivity contribution in [3.05, 3.63) is 0 Å². The lowest BCUT2D eigenvalue weighted by atomic mass is 9.89. The average molecular weight is 347 g/mol. The standard InChI is InChI=1S/C15H25NO6S/c1-10-7-8-11(14(17)18)9-16(10)23(20,21)13-6-4-3-5-12(13)15(19)22-2/h10-13H,3-9H2,1-2H3,(H,17,18). The molecule has 1 N–H and O–H groups in total. The molecule has 4 atom stereocenters. The fourth-order valence-corrected chi connectivity index (χ4v) is 6.15. The molecular formula is C15H25NO6S. The van der Waals surface area contributed by atoms with Crippen LogP contribution in [0.1, 0.15) is 45.4 Å². The third-order valence-corrected chi connectivity index (χ3v) is 7.58. The SMILES string of the molecule is COC(=O)C1CCCCC1S(=O)(=O)N1CC(C(=O)O)CCC1C. The van der Waals surface area contributed by atoms with E-state index in [0.29, 0.717) is 25.7 Å². The topological polar surface area (TPSA) is 101 Å². The van der Waals surface area contributed by atoms with Crippen LogP contribution in [0.15, 0.2) is 0 Å². The summed E-state index contributed by atoms with van der Waals surface area (Å²) in [5, 5.41) is 8.39. The first-order chi connectivity index (χ1) is 10.8. The highest BCUT2D eigenvalue weighted by atomic mass is 32.2. The van der Waals surface area contributed by atoms with Crippen molar-refractivity contribution in [2.45, 2.75) is 56.7 Å². The molecule has 23 heavy (non-hydrogen) atoms. The lowest BCUT2D eigenvalue weighted by Crippen LogP contribution is -2.53. The van der Waals surface area contributed by atoms with Gasteiger partial charge in [-0.2, -0.15) is 4.31 Å². The van der Waals surface area contributed by atoms with Crippen molar-refractivity contribution < 1.29 is 27.9 Å². The summed E-state index contributed by atoms with van der Waals surface area (Å²) in [5.41, 5.74) is 0. The summed E-state index contributed by atoms with van der Waals surface area (Å²) in [4.78, 5) is 23.2. The molecule has 7 nitrogen and oxygen atoms in total. The summed E-state index contributed by atoms with van der Waals surface area (Å²) < 4.78 is 32.2. The monoisotopic (exact) mass is 347 g/mol. The zero-order valence-electron chi connectivity index (χ0n) is 13.6. The van der Waals surface area contributed by atoms with E-state index in [0.717, 1.165) is 12.8 Å². The molecule has 0 aromatic heterocycles. The van der Waals surface area contributed by atoms with E-state index in [9.17, 15) is 23.1 Å². The average Bonchev–Trinajstić information content (AvgIpc) is 2.54. The Bertz CT molecular complexity index is 560. The van der Waals surface area contributed by atoms with Gasteiger partial charge in [-0.1, -0.05) is 12.8 Å². The second kappa shape index (κ2) is 7.17. The Morgan fingerprint density at radius 1 is 1.13 bits per heavy atom. The summed E-state index contributed by atoms with van der Waals surface area (Å²) >= 11 is 0. The van der Waals surface area contributed by atoms with Crippen LogP contribution in [0.2, 0.25) is 0 Å². The molecular weight excluding hydrogens is 322 g/mol. The number of rotatable bonds is 4. The lowest BCUT2D eigenvalue weighted by molar-refractivity contribution is -0.146. The normalized spacial score (nSPS) is 33.1.